The Morgan fingerprint density at radius 1 is 0.632 bits per heavy atom. The summed E-state index contributed by atoms with van der Waals surface area (Å²) in [6.07, 6.45) is 7.58. The van der Waals surface area contributed by atoms with Gasteiger partial charge in [0.1, 0.15) is 0 Å². The van der Waals surface area contributed by atoms with Gasteiger partial charge in [0, 0.05) is 25.2 Å². The molecular weight excluding hydrogens is 462 g/mol. The molecule has 3 nitrogen and oxygen atoms in total. The van der Waals surface area contributed by atoms with E-state index in [1.54, 1.807) is 0 Å². The summed E-state index contributed by atoms with van der Waals surface area (Å²) in [6, 6.07) is 32.0. The van der Waals surface area contributed by atoms with E-state index in [4.69, 9.17) is 0 Å². The maximum Gasteiger partial charge on any atom is 0.0233 e. The highest BCUT2D eigenvalue weighted by Crippen LogP contribution is 2.28. The Morgan fingerprint density at radius 2 is 1.16 bits per heavy atom. The molecule has 0 bridgehead atoms. The van der Waals surface area contributed by atoms with Crippen molar-refractivity contribution in [2.24, 2.45) is 11.8 Å². The molecule has 0 heterocycles. The number of rotatable bonds is 12. The van der Waals surface area contributed by atoms with Crippen molar-refractivity contribution in [3.63, 3.8) is 0 Å². The normalized spacial score (nSPS) is 19.5. The van der Waals surface area contributed by atoms with Crippen molar-refractivity contribution >= 4 is 21.5 Å². The van der Waals surface area contributed by atoms with Gasteiger partial charge in [-0.25, -0.2) is 0 Å². The summed E-state index contributed by atoms with van der Waals surface area (Å²) in [5, 5.41) is 16.7. The smallest absolute Gasteiger partial charge is 0.0233 e. The van der Waals surface area contributed by atoms with Gasteiger partial charge < -0.3 is 16.0 Å². The summed E-state index contributed by atoms with van der Waals surface area (Å²) >= 11 is 0. The van der Waals surface area contributed by atoms with E-state index in [-0.39, 0.29) is 0 Å². The summed E-state index contributed by atoms with van der Waals surface area (Å²) < 4.78 is 0. The third-order valence-electron chi connectivity index (χ3n) is 8.53. The first-order valence-corrected chi connectivity index (χ1v) is 14.7. The van der Waals surface area contributed by atoms with Crippen molar-refractivity contribution in [1.82, 2.24) is 16.0 Å². The van der Waals surface area contributed by atoms with Crippen LogP contribution in [0, 0.1) is 11.8 Å². The van der Waals surface area contributed by atoms with Crippen molar-refractivity contribution in [2.75, 3.05) is 26.7 Å². The Bertz CT molecular complexity index is 1290. The molecule has 0 aromatic heterocycles. The quantitative estimate of drug-likeness (QED) is 0.199. The molecule has 200 valence electrons. The van der Waals surface area contributed by atoms with Crippen molar-refractivity contribution in [3.05, 3.63) is 96.1 Å². The first-order valence-electron chi connectivity index (χ1n) is 14.7. The number of hydrogen-bond acceptors (Lipinski definition) is 3. The standard InChI is InChI=1S/C35H45N3/c1-26-11-13-27(14-12-26)23-37-35(22-29-16-18-31-8-4-6-10-33(31)20-29)25-38-34(24-36-2)21-28-15-17-30-7-3-5-9-32(30)19-28/h3-10,15-20,26-27,34-38H,11-14,21-25H2,1-2H3/t26?,27?,34-,35+/m0/s1. The molecule has 0 unspecified atom stereocenters. The topological polar surface area (TPSA) is 36.1 Å². The van der Waals surface area contributed by atoms with Crippen LogP contribution in [0.4, 0.5) is 0 Å². The minimum absolute atomic E-state index is 0.387. The van der Waals surface area contributed by atoms with Crippen LogP contribution in [0.3, 0.4) is 0 Å². The van der Waals surface area contributed by atoms with E-state index in [1.165, 1.54) is 58.4 Å². The Morgan fingerprint density at radius 3 is 1.71 bits per heavy atom. The highest BCUT2D eigenvalue weighted by atomic mass is 15.0. The molecule has 2 atom stereocenters. The lowest BCUT2D eigenvalue weighted by Gasteiger charge is -2.29. The second-order valence-corrected chi connectivity index (χ2v) is 11.7. The van der Waals surface area contributed by atoms with Crippen LogP contribution >= 0.6 is 0 Å². The lowest BCUT2D eigenvalue weighted by atomic mass is 9.83. The Balaban J connectivity index is 1.25. The van der Waals surface area contributed by atoms with Gasteiger partial charge in [0.15, 0.2) is 0 Å². The average molecular weight is 508 g/mol. The van der Waals surface area contributed by atoms with Gasteiger partial charge in [-0.15, -0.1) is 0 Å². The average Bonchev–Trinajstić information content (AvgIpc) is 2.95. The zero-order chi connectivity index (χ0) is 26.2. The van der Waals surface area contributed by atoms with Gasteiger partial charge in [-0.2, -0.15) is 0 Å². The molecule has 5 rings (SSSR count). The SMILES string of the molecule is CNC[C@H](Cc1ccc2ccccc2c1)NC[C@@H](Cc1ccc2ccccc2c1)NCC1CCC(C)CC1. The van der Waals surface area contributed by atoms with Crippen molar-refractivity contribution < 1.29 is 0 Å². The third-order valence-corrected chi connectivity index (χ3v) is 8.53. The molecule has 1 saturated carbocycles. The van der Waals surface area contributed by atoms with Crippen LogP contribution in [0.1, 0.15) is 43.7 Å². The number of fused-ring (bicyclic) bond motifs is 2. The van der Waals surface area contributed by atoms with Gasteiger partial charge in [0.05, 0.1) is 0 Å². The summed E-state index contributed by atoms with van der Waals surface area (Å²) in [5.74, 6) is 1.72. The van der Waals surface area contributed by atoms with Gasteiger partial charge in [0.25, 0.3) is 0 Å². The number of nitrogens with one attached hydrogen (secondary N) is 3. The van der Waals surface area contributed by atoms with Gasteiger partial charge in [-0.3, -0.25) is 0 Å². The maximum absolute atomic E-state index is 4.00. The molecule has 4 aromatic carbocycles. The summed E-state index contributed by atoms with van der Waals surface area (Å²) in [6.45, 7) is 5.47. The van der Waals surface area contributed by atoms with Crippen molar-refractivity contribution in [3.8, 4) is 0 Å². The van der Waals surface area contributed by atoms with Crippen LogP contribution in [0.2, 0.25) is 0 Å². The zero-order valence-electron chi connectivity index (χ0n) is 23.3. The second kappa shape index (κ2) is 13.4. The fraction of sp³-hybridized carbons (Fsp3) is 0.429. The molecule has 38 heavy (non-hydrogen) atoms. The Hall–Kier alpha value is -2.72. The molecule has 0 amide bonds. The van der Waals surface area contributed by atoms with Gasteiger partial charge >= 0.3 is 0 Å². The minimum atomic E-state index is 0.387. The van der Waals surface area contributed by atoms with E-state index in [0.29, 0.717) is 12.1 Å². The number of benzene rings is 4. The lowest BCUT2D eigenvalue weighted by molar-refractivity contribution is 0.271. The van der Waals surface area contributed by atoms with Gasteiger partial charge in [0.2, 0.25) is 0 Å². The zero-order valence-corrected chi connectivity index (χ0v) is 23.3. The van der Waals surface area contributed by atoms with Crippen molar-refractivity contribution in [1.29, 1.82) is 0 Å². The van der Waals surface area contributed by atoms with E-state index in [0.717, 1.165) is 44.3 Å². The molecule has 3 N–H and O–H groups in total. The van der Waals surface area contributed by atoms with E-state index in [2.05, 4.69) is 115 Å². The molecule has 0 saturated heterocycles. The highest BCUT2D eigenvalue weighted by molar-refractivity contribution is 5.83. The van der Waals surface area contributed by atoms with Gasteiger partial charge in [-0.1, -0.05) is 105 Å². The highest BCUT2D eigenvalue weighted by Gasteiger charge is 2.20. The predicted octanol–water partition coefficient (Wildman–Crippen LogP) is 6.74. The fourth-order valence-electron chi connectivity index (χ4n) is 6.16. The van der Waals surface area contributed by atoms with Crippen molar-refractivity contribution in [2.45, 2.75) is 57.5 Å². The molecule has 1 aliphatic carbocycles. The molecule has 0 spiro atoms. The van der Waals surface area contributed by atoms with Crippen LogP contribution in [-0.4, -0.2) is 38.8 Å². The Kier molecular flexibility index (Phi) is 9.46. The predicted molar refractivity (Wildman–Crippen MR) is 164 cm³/mol. The van der Waals surface area contributed by atoms with Crippen LogP contribution in [0.25, 0.3) is 21.5 Å². The molecule has 0 radical (unpaired) electrons. The van der Waals surface area contributed by atoms with E-state index in [9.17, 15) is 0 Å². The van der Waals surface area contributed by atoms with Crippen LogP contribution in [0.15, 0.2) is 84.9 Å². The Labute approximate surface area is 229 Å². The lowest BCUT2D eigenvalue weighted by Crippen LogP contribution is -2.48. The summed E-state index contributed by atoms with van der Waals surface area (Å²) in [5.41, 5.74) is 2.81. The number of likely N-dealkylation sites (N-methyl/N-ethyl adjacent to an activating group) is 1. The van der Waals surface area contributed by atoms with Gasteiger partial charge in [-0.05, 0) is 83.8 Å². The minimum Gasteiger partial charge on any atom is -0.318 e. The third kappa shape index (κ3) is 7.44. The second-order valence-electron chi connectivity index (χ2n) is 11.7. The van der Waals surface area contributed by atoms with Crippen LogP contribution in [0.5, 0.6) is 0 Å². The molecule has 0 aliphatic heterocycles. The van der Waals surface area contributed by atoms with E-state index in [1.807, 2.05) is 0 Å². The fourth-order valence-corrected chi connectivity index (χ4v) is 6.16. The molecule has 1 aliphatic rings. The molecular formula is C35H45N3. The summed E-state index contributed by atoms with van der Waals surface area (Å²) in [7, 11) is 2.06. The maximum atomic E-state index is 4.00. The largest absolute Gasteiger partial charge is 0.318 e. The van der Waals surface area contributed by atoms with E-state index >= 15 is 0 Å². The van der Waals surface area contributed by atoms with Crippen LogP contribution < -0.4 is 16.0 Å². The van der Waals surface area contributed by atoms with E-state index < -0.39 is 0 Å². The molecule has 4 aromatic rings. The first-order chi connectivity index (χ1) is 18.7. The number of hydrogen-bond donors (Lipinski definition) is 3. The first kappa shape index (κ1) is 26.9. The monoisotopic (exact) mass is 507 g/mol. The summed E-state index contributed by atoms with van der Waals surface area (Å²) in [4.78, 5) is 0. The molecule has 1 fully saturated rings. The molecule has 3 heteroatoms. The van der Waals surface area contributed by atoms with Crippen LogP contribution in [-0.2, 0) is 12.8 Å².